The summed E-state index contributed by atoms with van der Waals surface area (Å²) in [5.74, 6) is -0.531. The predicted octanol–water partition coefficient (Wildman–Crippen LogP) is 5.09. The number of halogens is 2. The Morgan fingerprint density at radius 2 is 1.66 bits per heavy atom. The minimum Gasteiger partial charge on any atom is -0.395 e. The number of nitrogens with one attached hydrogen (secondary N) is 1. The molecule has 2 amide bonds. The summed E-state index contributed by atoms with van der Waals surface area (Å²) in [4.78, 5) is 17.2. The van der Waals surface area contributed by atoms with E-state index in [-0.39, 0.29) is 42.3 Å². The first-order valence-corrected chi connectivity index (χ1v) is 12.1. The number of hydrogen-bond acceptors (Lipinski definition) is 3. The van der Waals surface area contributed by atoms with E-state index < -0.39 is 0 Å². The number of aliphatic hydroxyl groups excluding tert-OH is 1. The molecule has 35 heavy (non-hydrogen) atoms. The Bertz CT molecular complexity index is 1170. The third kappa shape index (κ3) is 4.92. The van der Waals surface area contributed by atoms with Crippen LogP contribution in [0.2, 0.25) is 0 Å². The lowest BCUT2D eigenvalue weighted by Gasteiger charge is -2.57. The number of anilines is 1. The summed E-state index contributed by atoms with van der Waals surface area (Å²) >= 11 is 0. The van der Waals surface area contributed by atoms with Crippen molar-refractivity contribution < 1.29 is 18.7 Å². The van der Waals surface area contributed by atoms with E-state index in [0.29, 0.717) is 18.8 Å². The van der Waals surface area contributed by atoms with Crippen LogP contribution in [0.25, 0.3) is 11.1 Å². The van der Waals surface area contributed by atoms with Crippen LogP contribution < -0.4 is 5.32 Å². The third-order valence-corrected chi connectivity index (χ3v) is 7.21. The zero-order chi connectivity index (χ0) is 24.4. The molecule has 2 N–H and O–H groups in total. The van der Waals surface area contributed by atoms with Crippen molar-refractivity contribution in [3.05, 3.63) is 90.0 Å². The molecule has 2 saturated heterocycles. The number of fused-ring (bicyclic) bond motifs is 1. The molecule has 5 rings (SSSR count). The van der Waals surface area contributed by atoms with Crippen molar-refractivity contribution in [2.75, 3.05) is 31.6 Å². The van der Waals surface area contributed by atoms with Crippen LogP contribution in [0.4, 0.5) is 19.3 Å². The molecule has 5 nitrogen and oxygen atoms in total. The zero-order valence-electron chi connectivity index (χ0n) is 19.4. The maximum absolute atomic E-state index is 13.6. The second-order valence-corrected chi connectivity index (χ2v) is 9.30. The van der Waals surface area contributed by atoms with Crippen molar-refractivity contribution in [1.29, 1.82) is 0 Å². The van der Waals surface area contributed by atoms with Gasteiger partial charge in [-0.3, -0.25) is 4.90 Å². The summed E-state index contributed by atoms with van der Waals surface area (Å²) in [6.07, 6.45) is 1.82. The first kappa shape index (κ1) is 23.5. The van der Waals surface area contributed by atoms with Gasteiger partial charge in [0.2, 0.25) is 0 Å². The second-order valence-electron chi connectivity index (χ2n) is 9.30. The maximum atomic E-state index is 13.6. The first-order valence-electron chi connectivity index (χ1n) is 12.1. The van der Waals surface area contributed by atoms with Crippen molar-refractivity contribution in [3.8, 4) is 11.1 Å². The van der Waals surface area contributed by atoms with Crippen LogP contribution in [0.15, 0.2) is 72.8 Å². The Hall–Kier alpha value is -3.29. The van der Waals surface area contributed by atoms with Crippen LogP contribution in [0.5, 0.6) is 0 Å². The number of amides is 2. The molecule has 3 aromatic carbocycles. The van der Waals surface area contributed by atoms with E-state index in [4.69, 9.17) is 0 Å². The highest BCUT2D eigenvalue weighted by Crippen LogP contribution is 2.42. The fraction of sp³-hybridized carbons (Fsp3) is 0.321. The molecule has 0 radical (unpaired) electrons. The van der Waals surface area contributed by atoms with Crippen molar-refractivity contribution in [3.63, 3.8) is 0 Å². The number of carbonyl (C=O) groups excluding carboxylic acids is 1. The van der Waals surface area contributed by atoms with Gasteiger partial charge in [-0.05, 0) is 72.5 Å². The monoisotopic (exact) mass is 477 g/mol. The number of urea groups is 1. The number of hydrogen-bond donors (Lipinski definition) is 2. The molecular weight excluding hydrogens is 448 g/mol. The molecular formula is C28H29F2N3O2. The average Bonchev–Trinajstić information content (AvgIpc) is 2.85. The highest BCUT2D eigenvalue weighted by atomic mass is 19.1. The van der Waals surface area contributed by atoms with Gasteiger partial charge < -0.3 is 15.3 Å². The Balaban J connectivity index is 1.34. The summed E-state index contributed by atoms with van der Waals surface area (Å²) in [6, 6.07) is 20.2. The normalized spacial score (nSPS) is 22.5. The van der Waals surface area contributed by atoms with Crippen LogP contribution in [-0.2, 0) is 0 Å². The lowest BCUT2D eigenvalue weighted by Crippen LogP contribution is -2.68. The van der Waals surface area contributed by atoms with Gasteiger partial charge in [0.05, 0.1) is 6.61 Å². The van der Waals surface area contributed by atoms with Crippen LogP contribution in [-0.4, -0.2) is 59.3 Å². The Labute approximate surface area is 204 Å². The maximum Gasteiger partial charge on any atom is 0.321 e. The molecule has 0 spiro atoms. The molecule has 3 aromatic rings. The lowest BCUT2D eigenvalue weighted by atomic mass is 9.74. The molecule has 7 heteroatoms. The Kier molecular flexibility index (Phi) is 6.79. The number of aliphatic hydroxyl groups is 1. The molecule has 3 atom stereocenters. The molecule has 2 fully saturated rings. The highest BCUT2D eigenvalue weighted by molar-refractivity contribution is 5.89. The van der Waals surface area contributed by atoms with E-state index in [1.165, 1.54) is 24.3 Å². The third-order valence-electron chi connectivity index (χ3n) is 7.21. The molecule has 2 heterocycles. The number of carbonyl (C=O) groups is 1. The first-order chi connectivity index (χ1) is 17.0. The molecule has 182 valence electrons. The van der Waals surface area contributed by atoms with Crippen molar-refractivity contribution in [2.24, 2.45) is 0 Å². The van der Waals surface area contributed by atoms with Crippen LogP contribution in [0, 0.1) is 11.6 Å². The van der Waals surface area contributed by atoms with Gasteiger partial charge in [0.1, 0.15) is 11.6 Å². The molecule has 2 aliphatic heterocycles. The summed E-state index contributed by atoms with van der Waals surface area (Å²) in [5.41, 5.74) is 3.41. The van der Waals surface area contributed by atoms with E-state index in [1.807, 2.05) is 35.2 Å². The van der Waals surface area contributed by atoms with Gasteiger partial charge in [-0.15, -0.1) is 0 Å². The molecule has 0 saturated carbocycles. The molecule has 2 aliphatic rings. The van der Waals surface area contributed by atoms with E-state index in [9.17, 15) is 18.7 Å². The Morgan fingerprint density at radius 3 is 2.37 bits per heavy atom. The van der Waals surface area contributed by atoms with Crippen LogP contribution in [0.1, 0.15) is 24.3 Å². The van der Waals surface area contributed by atoms with Gasteiger partial charge in [0.15, 0.2) is 0 Å². The fourth-order valence-corrected chi connectivity index (χ4v) is 5.43. The van der Waals surface area contributed by atoms with Crippen LogP contribution in [0.3, 0.4) is 0 Å². The molecule has 0 aromatic heterocycles. The summed E-state index contributed by atoms with van der Waals surface area (Å²) in [6.45, 7) is 2.13. The summed E-state index contributed by atoms with van der Waals surface area (Å²) in [7, 11) is 0. The van der Waals surface area contributed by atoms with E-state index in [1.54, 1.807) is 18.2 Å². The molecule has 0 aliphatic carbocycles. The molecule has 0 unspecified atom stereocenters. The van der Waals surface area contributed by atoms with E-state index in [0.717, 1.165) is 36.1 Å². The van der Waals surface area contributed by atoms with Gasteiger partial charge in [-0.25, -0.2) is 13.6 Å². The van der Waals surface area contributed by atoms with E-state index >= 15 is 0 Å². The van der Waals surface area contributed by atoms with Gasteiger partial charge in [0, 0.05) is 36.8 Å². The summed E-state index contributed by atoms with van der Waals surface area (Å²) < 4.78 is 26.9. The van der Waals surface area contributed by atoms with Crippen molar-refractivity contribution in [1.82, 2.24) is 9.80 Å². The molecule has 0 bridgehead atoms. The minimum atomic E-state index is -0.347. The number of nitrogens with zero attached hydrogens (tertiary/aromatic N) is 2. The van der Waals surface area contributed by atoms with Crippen molar-refractivity contribution in [2.45, 2.75) is 30.8 Å². The average molecular weight is 478 g/mol. The van der Waals surface area contributed by atoms with Gasteiger partial charge >= 0.3 is 6.03 Å². The van der Waals surface area contributed by atoms with Gasteiger partial charge in [-0.2, -0.15) is 0 Å². The SMILES string of the molecule is O=C(Nc1ccc(F)cc1)N1CCCCN2[C@@H](CO)[C@@H](c3ccc(-c4cccc(F)c4)cc3)[C@@H]2C1. The Morgan fingerprint density at radius 1 is 0.914 bits per heavy atom. The standard InChI is InChI=1S/C28H29F2N3O2/c29-22-10-12-24(13-11-22)31-28(35)32-14-1-2-15-33-25(17-32)27(26(33)18-34)20-8-6-19(7-9-20)21-4-3-5-23(30)16-21/h3-13,16,25-27,34H,1-2,14-15,17-18H2,(H,31,35)/t25-,26-,27-/m0/s1. The van der Waals surface area contributed by atoms with E-state index in [2.05, 4.69) is 10.2 Å². The highest BCUT2D eigenvalue weighted by Gasteiger charge is 2.49. The second kappa shape index (κ2) is 10.1. The predicted molar refractivity (Wildman–Crippen MR) is 132 cm³/mol. The smallest absolute Gasteiger partial charge is 0.321 e. The number of benzene rings is 3. The van der Waals surface area contributed by atoms with Crippen LogP contribution >= 0.6 is 0 Å². The quantitative estimate of drug-likeness (QED) is 0.551. The van der Waals surface area contributed by atoms with Gasteiger partial charge in [0.25, 0.3) is 0 Å². The van der Waals surface area contributed by atoms with Crippen molar-refractivity contribution >= 4 is 11.7 Å². The fourth-order valence-electron chi connectivity index (χ4n) is 5.43. The zero-order valence-corrected chi connectivity index (χ0v) is 19.4. The number of rotatable bonds is 4. The van der Waals surface area contributed by atoms with Gasteiger partial charge in [-0.1, -0.05) is 36.4 Å². The summed E-state index contributed by atoms with van der Waals surface area (Å²) in [5, 5.41) is 13.0. The minimum absolute atomic E-state index is 0.000120. The lowest BCUT2D eigenvalue weighted by molar-refractivity contribution is -0.0585. The topological polar surface area (TPSA) is 55.8 Å². The largest absolute Gasteiger partial charge is 0.395 e.